The standard InChI is InChI=1S/C27H27NO4/c1-5-31-24-18-27(19-12-8-6-9-13-19,20-14-10-7-11-15-20)28(30)25-22(24)16-21(17-23(25)29)32-26(2,3)4/h6-18H,5H2,1-4H3. The van der Waals surface area contributed by atoms with Crippen molar-refractivity contribution in [2.75, 3.05) is 6.61 Å². The van der Waals surface area contributed by atoms with E-state index in [1.54, 1.807) is 6.08 Å². The second-order valence-electron chi connectivity index (χ2n) is 8.77. The third kappa shape index (κ3) is 3.75. The molecule has 0 saturated heterocycles. The fourth-order valence-electron chi connectivity index (χ4n) is 4.12. The van der Waals surface area contributed by atoms with Gasteiger partial charge >= 0.3 is 0 Å². The van der Waals surface area contributed by atoms with Gasteiger partial charge in [0.25, 0.3) is 11.5 Å². The number of allylic oxidation sites excluding steroid dienone is 3. The highest BCUT2D eigenvalue weighted by Gasteiger charge is 2.50. The van der Waals surface area contributed by atoms with Crippen LogP contribution in [0, 0.1) is 5.21 Å². The number of hydroxylamine groups is 1. The Labute approximate surface area is 188 Å². The second-order valence-corrected chi connectivity index (χ2v) is 8.77. The minimum atomic E-state index is -1.24. The first kappa shape index (κ1) is 21.6. The molecule has 0 bridgehead atoms. The maximum absolute atomic E-state index is 14.1. The lowest BCUT2D eigenvalue weighted by Gasteiger charge is -2.36. The van der Waals surface area contributed by atoms with Crippen molar-refractivity contribution in [1.82, 2.24) is 0 Å². The number of nitrogens with zero attached hydrogens (tertiary/aromatic N) is 1. The molecule has 0 amide bonds. The Morgan fingerprint density at radius 2 is 1.50 bits per heavy atom. The second kappa shape index (κ2) is 8.15. The number of hydrogen-bond donors (Lipinski definition) is 0. The SMILES string of the molecule is CCOC1=CC(c2ccccc2)(c2ccccc2)[N+]([O-])=C2C(=O)C=C(OC(C)(C)C)C=C12. The summed E-state index contributed by atoms with van der Waals surface area (Å²) >= 11 is 0. The molecular formula is C27H27NO4. The molecule has 0 spiro atoms. The molecule has 0 unspecified atom stereocenters. The van der Waals surface area contributed by atoms with E-state index in [0.29, 0.717) is 23.7 Å². The zero-order valence-electron chi connectivity index (χ0n) is 18.8. The Kier molecular flexibility index (Phi) is 5.51. The van der Waals surface area contributed by atoms with E-state index in [0.717, 1.165) is 15.9 Å². The van der Waals surface area contributed by atoms with Crippen molar-refractivity contribution in [3.05, 3.63) is 112 Å². The number of ether oxygens (including phenoxy) is 2. The van der Waals surface area contributed by atoms with Crippen LogP contribution < -0.4 is 0 Å². The van der Waals surface area contributed by atoms with E-state index < -0.39 is 16.9 Å². The van der Waals surface area contributed by atoms with Crippen LogP contribution in [0.3, 0.4) is 0 Å². The number of carbonyl (C=O) groups is 1. The van der Waals surface area contributed by atoms with E-state index in [4.69, 9.17) is 9.47 Å². The Bertz CT molecular complexity index is 1110. The highest BCUT2D eigenvalue weighted by molar-refractivity contribution is 6.50. The summed E-state index contributed by atoms with van der Waals surface area (Å²) in [4.78, 5) is 13.3. The third-order valence-electron chi connectivity index (χ3n) is 5.33. The van der Waals surface area contributed by atoms with Gasteiger partial charge in [0.1, 0.15) is 17.1 Å². The largest absolute Gasteiger partial charge is 0.622 e. The van der Waals surface area contributed by atoms with Crippen molar-refractivity contribution in [3.8, 4) is 0 Å². The number of rotatable bonds is 5. The predicted molar refractivity (Wildman–Crippen MR) is 124 cm³/mol. The molecule has 2 aliphatic rings. The molecule has 0 radical (unpaired) electrons. The van der Waals surface area contributed by atoms with Gasteiger partial charge in [-0.1, -0.05) is 60.7 Å². The highest BCUT2D eigenvalue weighted by atomic mass is 16.5. The Morgan fingerprint density at radius 1 is 0.938 bits per heavy atom. The molecule has 5 heteroatoms. The molecule has 2 aromatic rings. The van der Waals surface area contributed by atoms with Crippen molar-refractivity contribution < 1.29 is 19.0 Å². The molecular weight excluding hydrogens is 402 g/mol. The highest BCUT2D eigenvalue weighted by Crippen LogP contribution is 2.42. The summed E-state index contributed by atoms with van der Waals surface area (Å²) in [6.45, 7) is 8.00. The van der Waals surface area contributed by atoms with Gasteiger partial charge in [-0.25, -0.2) is 0 Å². The van der Waals surface area contributed by atoms with Crippen LogP contribution in [0.25, 0.3) is 0 Å². The van der Waals surface area contributed by atoms with E-state index in [1.807, 2.05) is 94.4 Å². The summed E-state index contributed by atoms with van der Waals surface area (Å²) < 4.78 is 12.7. The lowest BCUT2D eigenvalue weighted by molar-refractivity contribution is -0.531. The van der Waals surface area contributed by atoms with Gasteiger partial charge in [-0.15, -0.1) is 0 Å². The normalized spacial score (nSPS) is 17.8. The van der Waals surface area contributed by atoms with Gasteiger partial charge in [-0.05, 0) is 33.8 Å². The van der Waals surface area contributed by atoms with E-state index in [1.165, 1.54) is 6.08 Å². The average molecular weight is 430 g/mol. The number of benzene rings is 2. The molecule has 1 aliphatic heterocycles. The summed E-state index contributed by atoms with van der Waals surface area (Å²) in [7, 11) is 0. The molecule has 0 aromatic heterocycles. The smallest absolute Gasteiger partial charge is 0.271 e. The first-order chi connectivity index (χ1) is 15.3. The fourth-order valence-corrected chi connectivity index (χ4v) is 4.12. The van der Waals surface area contributed by atoms with Crippen LogP contribution >= 0.6 is 0 Å². The van der Waals surface area contributed by atoms with Crippen LogP contribution in [0.4, 0.5) is 0 Å². The minimum absolute atomic E-state index is 0.0462. The topological polar surface area (TPSA) is 61.6 Å². The molecule has 5 nitrogen and oxygen atoms in total. The van der Waals surface area contributed by atoms with Crippen molar-refractivity contribution in [2.24, 2.45) is 0 Å². The van der Waals surface area contributed by atoms with Gasteiger partial charge in [-0.3, -0.25) is 4.79 Å². The van der Waals surface area contributed by atoms with Crippen LogP contribution in [0.15, 0.2) is 96.0 Å². The van der Waals surface area contributed by atoms with E-state index in [-0.39, 0.29) is 5.71 Å². The summed E-state index contributed by atoms with van der Waals surface area (Å²) in [5.74, 6) is 0.490. The molecule has 4 rings (SSSR count). The van der Waals surface area contributed by atoms with Crippen molar-refractivity contribution >= 4 is 11.5 Å². The summed E-state index contributed by atoms with van der Waals surface area (Å²) in [6.07, 6.45) is 4.91. The lowest BCUT2D eigenvalue weighted by Crippen LogP contribution is -2.46. The summed E-state index contributed by atoms with van der Waals surface area (Å²) in [5, 5.41) is 14.1. The number of ketones is 1. The Hall–Kier alpha value is -3.60. The van der Waals surface area contributed by atoms with Crippen LogP contribution in [0.5, 0.6) is 0 Å². The summed E-state index contributed by atoms with van der Waals surface area (Å²) in [6, 6.07) is 18.9. The van der Waals surface area contributed by atoms with Crippen LogP contribution in [0.2, 0.25) is 0 Å². The zero-order chi connectivity index (χ0) is 22.9. The maximum Gasteiger partial charge on any atom is 0.271 e. The number of fused-ring (bicyclic) bond motifs is 1. The zero-order valence-corrected chi connectivity index (χ0v) is 18.8. The Morgan fingerprint density at radius 3 is 2.00 bits per heavy atom. The van der Waals surface area contributed by atoms with Crippen LogP contribution in [0.1, 0.15) is 38.8 Å². The first-order valence-corrected chi connectivity index (χ1v) is 10.7. The maximum atomic E-state index is 14.1. The van der Waals surface area contributed by atoms with Gasteiger partial charge < -0.3 is 14.7 Å². The molecule has 1 aliphatic carbocycles. The number of carbonyl (C=O) groups excluding carboxylic acids is 1. The average Bonchev–Trinajstić information content (AvgIpc) is 2.75. The van der Waals surface area contributed by atoms with E-state index in [9.17, 15) is 10.0 Å². The van der Waals surface area contributed by atoms with Crippen molar-refractivity contribution in [1.29, 1.82) is 0 Å². The number of hydrogen-bond acceptors (Lipinski definition) is 4. The summed E-state index contributed by atoms with van der Waals surface area (Å²) in [5.41, 5.74) is 0.253. The van der Waals surface area contributed by atoms with Gasteiger partial charge in [-0.2, -0.15) is 4.74 Å². The quantitative estimate of drug-likeness (QED) is 0.380. The fraction of sp³-hybridized carbons (Fsp3) is 0.259. The molecule has 2 aromatic carbocycles. The first-order valence-electron chi connectivity index (χ1n) is 10.7. The molecule has 32 heavy (non-hydrogen) atoms. The molecule has 0 fully saturated rings. The van der Waals surface area contributed by atoms with Crippen molar-refractivity contribution in [2.45, 2.75) is 38.8 Å². The predicted octanol–water partition coefficient (Wildman–Crippen LogP) is 5.02. The van der Waals surface area contributed by atoms with E-state index >= 15 is 0 Å². The van der Waals surface area contributed by atoms with Gasteiger partial charge in [0, 0.05) is 23.3 Å². The lowest BCUT2D eigenvalue weighted by atomic mass is 9.78. The molecule has 0 N–H and O–H groups in total. The van der Waals surface area contributed by atoms with E-state index in [2.05, 4.69) is 0 Å². The van der Waals surface area contributed by atoms with Crippen LogP contribution in [-0.2, 0) is 19.8 Å². The molecule has 0 atom stereocenters. The molecule has 1 heterocycles. The van der Waals surface area contributed by atoms with Crippen molar-refractivity contribution in [3.63, 3.8) is 0 Å². The third-order valence-corrected chi connectivity index (χ3v) is 5.33. The molecule has 164 valence electrons. The Balaban J connectivity index is 2.00. The monoisotopic (exact) mass is 429 g/mol. The minimum Gasteiger partial charge on any atom is -0.622 e. The van der Waals surface area contributed by atoms with Crippen LogP contribution in [-0.4, -0.2) is 28.4 Å². The van der Waals surface area contributed by atoms with Gasteiger partial charge in [0.05, 0.1) is 12.2 Å². The van der Waals surface area contributed by atoms with Gasteiger partial charge in [0.15, 0.2) is 0 Å². The molecule has 0 saturated carbocycles. The van der Waals surface area contributed by atoms with Gasteiger partial charge in [0.2, 0.25) is 5.54 Å².